The van der Waals surface area contributed by atoms with E-state index in [1.165, 1.54) is 11.1 Å². The highest BCUT2D eigenvalue weighted by atomic mass is 35.5. The summed E-state index contributed by atoms with van der Waals surface area (Å²) in [4.78, 5) is 0. The number of hydrogen-bond acceptors (Lipinski definition) is 3. The molecule has 4 heteroatoms. The summed E-state index contributed by atoms with van der Waals surface area (Å²) in [6.07, 6.45) is 4.07. The van der Waals surface area contributed by atoms with Crippen molar-refractivity contribution < 1.29 is 15.3 Å². The summed E-state index contributed by atoms with van der Waals surface area (Å²) >= 11 is 6.66. The first-order valence-electron chi connectivity index (χ1n) is 10.6. The molecule has 1 saturated carbocycles. The first-order chi connectivity index (χ1) is 13.9. The largest absolute Gasteiger partial charge is 0.393 e. The van der Waals surface area contributed by atoms with Crippen LogP contribution in [0.5, 0.6) is 0 Å². The summed E-state index contributed by atoms with van der Waals surface area (Å²) in [7, 11) is 0. The Labute approximate surface area is 179 Å². The topological polar surface area (TPSA) is 60.7 Å². The molecule has 3 N–H and O–H groups in total. The van der Waals surface area contributed by atoms with E-state index in [0.29, 0.717) is 6.42 Å². The van der Waals surface area contributed by atoms with Crippen LogP contribution in [0.2, 0.25) is 0 Å². The zero-order valence-corrected chi connectivity index (χ0v) is 18.2. The Kier molecular flexibility index (Phi) is 7.75. The van der Waals surface area contributed by atoms with Gasteiger partial charge in [-0.05, 0) is 91.2 Å². The number of aryl methyl sites for hydroxylation is 3. The molecule has 0 spiro atoms. The van der Waals surface area contributed by atoms with Gasteiger partial charge in [-0.1, -0.05) is 36.4 Å². The van der Waals surface area contributed by atoms with Crippen LogP contribution in [0.15, 0.2) is 36.4 Å². The van der Waals surface area contributed by atoms with Crippen LogP contribution < -0.4 is 0 Å². The second-order valence-electron chi connectivity index (χ2n) is 8.59. The molecule has 1 aliphatic carbocycles. The van der Waals surface area contributed by atoms with Crippen molar-refractivity contribution in [2.45, 2.75) is 70.6 Å². The molecular formula is C25H33ClO3. The van der Waals surface area contributed by atoms with Crippen LogP contribution in [-0.2, 0) is 26.1 Å². The van der Waals surface area contributed by atoms with Crippen molar-refractivity contribution in [2.24, 2.45) is 11.8 Å². The second kappa shape index (κ2) is 10.1. The van der Waals surface area contributed by atoms with E-state index in [2.05, 4.69) is 24.3 Å². The monoisotopic (exact) mass is 416 g/mol. The van der Waals surface area contributed by atoms with Crippen LogP contribution in [-0.4, -0.2) is 26.8 Å². The molecular weight excluding hydrogens is 384 g/mol. The smallest absolute Gasteiger partial charge is 0.0686 e. The van der Waals surface area contributed by atoms with Crippen LogP contribution in [0, 0.1) is 25.7 Å². The number of hydrogen-bond donors (Lipinski definition) is 3. The minimum Gasteiger partial charge on any atom is -0.393 e. The van der Waals surface area contributed by atoms with Crippen molar-refractivity contribution in [3.05, 3.63) is 69.8 Å². The lowest BCUT2D eigenvalue weighted by atomic mass is 9.84. The zero-order chi connectivity index (χ0) is 21.0. The van der Waals surface area contributed by atoms with Gasteiger partial charge in [-0.25, -0.2) is 0 Å². The van der Waals surface area contributed by atoms with Crippen molar-refractivity contribution in [2.75, 3.05) is 0 Å². The molecule has 2 aromatic carbocycles. The molecule has 0 bridgehead atoms. The molecule has 0 radical (unpaired) electrons. The number of aliphatic hydroxyl groups excluding tert-OH is 3. The number of halogens is 1. The number of aliphatic hydroxyl groups is 3. The van der Waals surface area contributed by atoms with E-state index in [4.69, 9.17) is 11.6 Å². The van der Waals surface area contributed by atoms with Gasteiger partial charge in [-0.3, -0.25) is 0 Å². The van der Waals surface area contributed by atoms with Gasteiger partial charge in [-0.2, -0.15) is 0 Å². The molecule has 1 aliphatic rings. The lowest BCUT2D eigenvalue weighted by molar-refractivity contribution is 0.110. The molecule has 29 heavy (non-hydrogen) atoms. The van der Waals surface area contributed by atoms with Crippen molar-refractivity contribution >= 4 is 11.6 Å². The number of benzene rings is 2. The fraction of sp³-hybridized carbons (Fsp3) is 0.520. The Morgan fingerprint density at radius 1 is 0.931 bits per heavy atom. The maximum atomic E-state index is 10.6. The predicted octanol–water partition coefficient (Wildman–Crippen LogP) is 4.46. The van der Waals surface area contributed by atoms with E-state index in [0.717, 1.165) is 47.9 Å². The molecule has 0 heterocycles. The highest BCUT2D eigenvalue weighted by Crippen LogP contribution is 2.41. The molecule has 3 unspecified atom stereocenters. The molecule has 0 aliphatic heterocycles. The normalized spacial score (nSPS) is 24.2. The molecule has 2 aromatic rings. The van der Waals surface area contributed by atoms with E-state index in [1.807, 2.05) is 26.0 Å². The first kappa shape index (κ1) is 22.3. The lowest BCUT2D eigenvalue weighted by Crippen LogP contribution is -2.23. The third kappa shape index (κ3) is 5.40. The molecule has 4 atom stereocenters. The third-order valence-electron chi connectivity index (χ3n) is 6.54. The Morgan fingerprint density at radius 3 is 2.28 bits per heavy atom. The average molecular weight is 417 g/mol. The molecule has 3 nitrogen and oxygen atoms in total. The Morgan fingerprint density at radius 2 is 1.62 bits per heavy atom. The van der Waals surface area contributed by atoms with E-state index < -0.39 is 0 Å². The predicted molar refractivity (Wildman–Crippen MR) is 118 cm³/mol. The van der Waals surface area contributed by atoms with E-state index in [1.54, 1.807) is 0 Å². The summed E-state index contributed by atoms with van der Waals surface area (Å²) in [6, 6.07) is 12.4. The summed E-state index contributed by atoms with van der Waals surface area (Å²) in [5.41, 5.74) is 6.65. The number of alkyl halides is 1. The van der Waals surface area contributed by atoms with Crippen molar-refractivity contribution in [1.29, 1.82) is 0 Å². The molecule has 0 saturated heterocycles. The summed E-state index contributed by atoms with van der Waals surface area (Å²) in [5, 5.41) is 29.5. The minimum atomic E-state index is -0.342. The standard InChI is InChI=1S/C25H33ClO3/c1-16-9-20(10-17(2)23(16)15-28)12-22-21(25(29)13-24(22)26)8-4-6-18-5-3-7-19(11-18)14-27/h3,5,7,9-11,21-22,24-25,27-29H,4,6,8,12-15H2,1-2H3/t21-,22?,24?,25?/m1/s1. The summed E-state index contributed by atoms with van der Waals surface area (Å²) < 4.78 is 0. The SMILES string of the molecule is Cc1cc(CC2C(Cl)CC(O)[C@@H]2CCCc2cccc(CO)c2)cc(C)c1CO. The quantitative estimate of drug-likeness (QED) is 0.557. The maximum absolute atomic E-state index is 10.6. The van der Waals surface area contributed by atoms with Gasteiger partial charge in [0.25, 0.3) is 0 Å². The van der Waals surface area contributed by atoms with Gasteiger partial charge in [0.2, 0.25) is 0 Å². The minimum absolute atomic E-state index is 0.00847. The van der Waals surface area contributed by atoms with Gasteiger partial charge in [0.05, 0.1) is 19.3 Å². The second-order valence-corrected chi connectivity index (χ2v) is 9.15. The maximum Gasteiger partial charge on any atom is 0.0686 e. The van der Waals surface area contributed by atoms with Gasteiger partial charge in [0.15, 0.2) is 0 Å². The van der Waals surface area contributed by atoms with Gasteiger partial charge in [-0.15, -0.1) is 11.6 Å². The molecule has 0 aromatic heterocycles. The van der Waals surface area contributed by atoms with E-state index in [-0.39, 0.29) is 36.5 Å². The van der Waals surface area contributed by atoms with Crippen LogP contribution in [0.4, 0.5) is 0 Å². The molecule has 3 rings (SSSR count). The first-order valence-corrected chi connectivity index (χ1v) is 11.1. The zero-order valence-electron chi connectivity index (χ0n) is 17.4. The Bertz CT molecular complexity index is 796. The molecule has 1 fully saturated rings. The van der Waals surface area contributed by atoms with Gasteiger partial charge in [0, 0.05) is 5.38 Å². The van der Waals surface area contributed by atoms with E-state index >= 15 is 0 Å². The van der Waals surface area contributed by atoms with Crippen LogP contribution in [0.1, 0.15) is 52.6 Å². The lowest BCUT2D eigenvalue weighted by Gasteiger charge is -2.24. The number of rotatable bonds is 8. The van der Waals surface area contributed by atoms with Gasteiger partial charge < -0.3 is 15.3 Å². The summed E-state index contributed by atoms with van der Waals surface area (Å²) in [6.45, 7) is 4.22. The summed E-state index contributed by atoms with van der Waals surface area (Å²) in [5.74, 6) is 0.464. The Balaban J connectivity index is 1.66. The van der Waals surface area contributed by atoms with Crippen LogP contribution >= 0.6 is 11.6 Å². The highest BCUT2D eigenvalue weighted by Gasteiger charge is 2.40. The van der Waals surface area contributed by atoms with Crippen molar-refractivity contribution in [3.8, 4) is 0 Å². The highest BCUT2D eigenvalue weighted by molar-refractivity contribution is 6.21. The fourth-order valence-electron chi connectivity index (χ4n) is 4.97. The Hall–Kier alpha value is -1.39. The van der Waals surface area contributed by atoms with E-state index in [9.17, 15) is 15.3 Å². The molecule has 158 valence electrons. The van der Waals surface area contributed by atoms with Gasteiger partial charge >= 0.3 is 0 Å². The van der Waals surface area contributed by atoms with Crippen molar-refractivity contribution in [3.63, 3.8) is 0 Å². The third-order valence-corrected chi connectivity index (χ3v) is 7.04. The molecule has 0 amide bonds. The van der Waals surface area contributed by atoms with Gasteiger partial charge in [0.1, 0.15) is 0 Å². The van der Waals surface area contributed by atoms with Crippen LogP contribution in [0.25, 0.3) is 0 Å². The van der Waals surface area contributed by atoms with Crippen LogP contribution in [0.3, 0.4) is 0 Å². The van der Waals surface area contributed by atoms with Crippen molar-refractivity contribution in [1.82, 2.24) is 0 Å². The fourth-order valence-corrected chi connectivity index (χ4v) is 5.43. The average Bonchev–Trinajstić information content (AvgIpc) is 2.95.